The summed E-state index contributed by atoms with van der Waals surface area (Å²) >= 11 is 3.66. The summed E-state index contributed by atoms with van der Waals surface area (Å²) in [5.41, 5.74) is 0. The second-order valence-electron chi connectivity index (χ2n) is 2.77. The molecule has 1 nitrogen and oxygen atoms in total. The zero-order valence-electron chi connectivity index (χ0n) is 7.51. The molecular weight excluding hydrogens is 314 g/mol. The first kappa shape index (κ1) is 10.2. The van der Waals surface area contributed by atoms with Crippen molar-refractivity contribution < 1.29 is 9.13 Å². The highest BCUT2D eigenvalue weighted by Crippen LogP contribution is 2.36. The second-order valence-corrected chi connectivity index (χ2v) is 4.81. The number of halogens is 2. The van der Waals surface area contributed by atoms with Gasteiger partial charge in [0.2, 0.25) is 0 Å². The van der Waals surface area contributed by atoms with Crippen molar-refractivity contribution in [3.05, 3.63) is 26.9 Å². The molecule has 0 radical (unpaired) electrons. The molecule has 0 amide bonds. The number of thiophene rings is 1. The van der Waals surface area contributed by atoms with Crippen molar-refractivity contribution in [3.63, 3.8) is 0 Å². The van der Waals surface area contributed by atoms with Crippen LogP contribution in [0.15, 0.2) is 17.5 Å². The van der Waals surface area contributed by atoms with E-state index in [1.807, 2.05) is 12.3 Å². The molecule has 1 aromatic heterocycles. The highest BCUT2D eigenvalue weighted by atomic mass is 127. The maximum Gasteiger partial charge on any atom is 0.137 e. The third-order valence-electron chi connectivity index (χ3n) is 1.89. The van der Waals surface area contributed by atoms with Crippen LogP contribution >= 0.6 is 33.9 Å². The maximum atomic E-state index is 13.4. The number of hydrogen-bond acceptors (Lipinski definition) is 2. The van der Waals surface area contributed by atoms with E-state index in [4.69, 9.17) is 4.74 Å². The lowest BCUT2D eigenvalue weighted by Crippen LogP contribution is -1.91. The van der Waals surface area contributed by atoms with Crippen molar-refractivity contribution in [1.29, 1.82) is 0 Å². The molecule has 0 spiro atoms. The van der Waals surface area contributed by atoms with E-state index < -0.39 is 0 Å². The summed E-state index contributed by atoms with van der Waals surface area (Å²) < 4.78 is 20.7. The number of ether oxygens (including phenoxy) is 1. The summed E-state index contributed by atoms with van der Waals surface area (Å²) in [6, 6.07) is 3.15. The lowest BCUT2D eigenvalue weighted by Gasteiger charge is -2.04. The Hall–Kier alpha value is -0.360. The fourth-order valence-electron chi connectivity index (χ4n) is 1.32. The zero-order valence-corrected chi connectivity index (χ0v) is 10.5. The highest BCUT2D eigenvalue weighted by Gasteiger charge is 2.11. The van der Waals surface area contributed by atoms with Crippen LogP contribution in [-0.2, 0) is 0 Å². The van der Waals surface area contributed by atoms with Crippen LogP contribution in [0.25, 0.3) is 10.1 Å². The minimum atomic E-state index is -0.172. The Morgan fingerprint density at radius 2 is 2.29 bits per heavy atom. The number of hydrogen-bond donors (Lipinski definition) is 0. The molecule has 0 aliphatic rings. The third-order valence-corrected chi connectivity index (χ3v) is 4.16. The fraction of sp³-hybridized carbons (Fsp3) is 0.200. The fourth-order valence-corrected chi connectivity index (χ4v) is 3.32. The normalized spacial score (nSPS) is 10.8. The maximum absolute atomic E-state index is 13.4. The van der Waals surface area contributed by atoms with Gasteiger partial charge in [-0.2, -0.15) is 0 Å². The van der Waals surface area contributed by atoms with Crippen LogP contribution in [0.5, 0.6) is 5.75 Å². The van der Waals surface area contributed by atoms with Gasteiger partial charge >= 0.3 is 0 Å². The minimum absolute atomic E-state index is 0.172. The van der Waals surface area contributed by atoms with Crippen LogP contribution in [0.1, 0.15) is 6.92 Å². The predicted molar refractivity (Wildman–Crippen MR) is 65.7 cm³/mol. The molecule has 0 aliphatic carbocycles. The topological polar surface area (TPSA) is 9.23 Å². The van der Waals surface area contributed by atoms with Gasteiger partial charge < -0.3 is 4.74 Å². The van der Waals surface area contributed by atoms with Crippen LogP contribution in [0.2, 0.25) is 0 Å². The van der Waals surface area contributed by atoms with Crippen molar-refractivity contribution in [1.82, 2.24) is 0 Å². The van der Waals surface area contributed by atoms with Crippen LogP contribution < -0.4 is 4.74 Å². The van der Waals surface area contributed by atoms with Gasteiger partial charge in [-0.1, -0.05) is 0 Å². The molecule has 0 N–H and O–H groups in total. The molecule has 2 rings (SSSR count). The largest absolute Gasteiger partial charge is 0.492 e. The van der Waals surface area contributed by atoms with Crippen molar-refractivity contribution >= 4 is 44.0 Å². The molecule has 0 fully saturated rings. The minimum Gasteiger partial charge on any atom is -0.492 e. The summed E-state index contributed by atoms with van der Waals surface area (Å²) in [7, 11) is 0. The monoisotopic (exact) mass is 322 g/mol. The Labute approximate surface area is 99.0 Å². The molecule has 0 bridgehead atoms. The molecule has 0 atom stereocenters. The van der Waals surface area contributed by atoms with Gasteiger partial charge in [0.05, 0.1) is 11.3 Å². The molecule has 0 saturated carbocycles. The first-order valence-electron chi connectivity index (χ1n) is 4.22. The van der Waals surface area contributed by atoms with E-state index in [9.17, 15) is 4.39 Å². The standard InChI is InChI=1S/C10H8FIOS/c1-2-13-8-4-3-6(11)9-7(12)5-14-10(8)9/h3-5H,2H2,1H3. The van der Waals surface area contributed by atoms with Crippen molar-refractivity contribution in [2.45, 2.75) is 6.92 Å². The summed E-state index contributed by atoms with van der Waals surface area (Å²) in [5.74, 6) is 0.603. The molecular formula is C10H8FIOS. The van der Waals surface area contributed by atoms with E-state index in [1.54, 1.807) is 6.07 Å². The van der Waals surface area contributed by atoms with Crippen molar-refractivity contribution in [2.75, 3.05) is 6.61 Å². The molecule has 0 aliphatic heterocycles. The molecule has 0 unspecified atom stereocenters. The zero-order chi connectivity index (χ0) is 10.1. The van der Waals surface area contributed by atoms with Gasteiger partial charge in [0.15, 0.2) is 0 Å². The Bertz CT molecular complexity index is 466. The summed E-state index contributed by atoms with van der Waals surface area (Å²) in [4.78, 5) is 0. The highest BCUT2D eigenvalue weighted by molar-refractivity contribution is 14.1. The van der Waals surface area contributed by atoms with E-state index in [-0.39, 0.29) is 5.82 Å². The molecule has 2 aromatic rings. The lowest BCUT2D eigenvalue weighted by atomic mass is 10.2. The molecule has 1 heterocycles. The average molecular weight is 322 g/mol. The van der Waals surface area contributed by atoms with E-state index in [0.29, 0.717) is 12.0 Å². The first-order chi connectivity index (χ1) is 6.74. The van der Waals surface area contributed by atoms with Crippen LogP contribution in [0.4, 0.5) is 4.39 Å². The van der Waals surface area contributed by atoms with Gasteiger partial charge in [0, 0.05) is 14.3 Å². The Kier molecular flexibility index (Phi) is 2.92. The lowest BCUT2D eigenvalue weighted by molar-refractivity contribution is 0.344. The Balaban J connectivity index is 2.70. The van der Waals surface area contributed by atoms with E-state index in [1.165, 1.54) is 17.4 Å². The van der Waals surface area contributed by atoms with Gasteiger partial charge in [-0.3, -0.25) is 0 Å². The molecule has 4 heteroatoms. The summed E-state index contributed by atoms with van der Waals surface area (Å²) in [5, 5.41) is 2.62. The second kappa shape index (κ2) is 4.02. The third kappa shape index (κ3) is 1.61. The van der Waals surface area contributed by atoms with Gasteiger partial charge in [-0.25, -0.2) is 4.39 Å². The van der Waals surface area contributed by atoms with E-state index >= 15 is 0 Å². The van der Waals surface area contributed by atoms with Crippen LogP contribution in [0, 0.1) is 9.39 Å². The quantitative estimate of drug-likeness (QED) is 0.758. The average Bonchev–Trinajstić information content (AvgIpc) is 2.54. The van der Waals surface area contributed by atoms with Gasteiger partial charge in [0.1, 0.15) is 11.6 Å². The summed E-state index contributed by atoms with van der Waals surface area (Å²) in [6.45, 7) is 2.53. The van der Waals surface area contributed by atoms with E-state index in [0.717, 1.165) is 14.0 Å². The first-order valence-corrected chi connectivity index (χ1v) is 6.18. The Morgan fingerprint density at radius 1 is 1.50 bits per heavy atom. The number of rotatable bonds is 2. The smallest absolute Gasteiger partial charge is 0.137 e. The van der Waals surface area contributed by atoms with Crippen molar-refractivity contribution in [3.8, 4) is 5.75 Å². The number of fused-ring (bicyclic) bond motifs is 1. The van der Waals surface area contributed by atoms with E-state index in [2.05, 4.69) is 22.6 Å². The summed E-state index contributed by atoms with van der Waals surface area (Å²) in [6.07, 6.45) is 0. The van der Waals surface area contributed by atoms with Crippen molar-refractivity contribution in [2.24, 2.45) is 0 Å². The Morgan fingerprint density at radius 3 is 3.00 bits per heavy atom. The van der Waals surface area contributed by atoms with Crippen LogP contribution in [0.3, 0.4) is 0 Å². The van der Waals surface area contributed by atoms with Crippen LogP contribution in [-0.4, -0.2) is 6.61 Å². The predicted octanol–water partition coefficient (Wildman–Crippen LogP) is 4.04. The molecule has 0 saturated heterocycles. The number of benzene rings is 1. The van der Waals surface area contributed by atoms with Gasteiger partial charge in [-0.05, 0) is 41.6 Å². The molecule has 74 valence electrons. The van der Waals surface area contributed by atoms with Gasteiger partial charge in [0.25, 0.3) is 0 Å². The van der Waals surface area contributed by atoms with Gasteiger partial charge in [-0.15, -0.1) is 11.3 Å². The molecule has 14 heavy (non-hydrogen) atoms. The SMILES string of the molecule is CCOc1ccc(F)c2c(I)csc12. The molecule has 1 aromatic carbocycles.